The van der Waals surface area contributed by atoms with Gasteiger partial charge in [-0.05, 0) is 24.6 Å². The van der Waals surface area contributed by atoms with Gasteiger partial charge >= 0.3 is 5.97 Å². The van der Waals surface area contributed by atoms with Crippen LogP contribution in [-0.4, -0.2) is 19.0 Å². The van der Waals surface area contributed by atoms with E-state index in [-0.39, 0.29) is 11.8 Å². The molecule has 0 aromatic heterocycles. The van der Waals surface area contributed by atoms with Crippen molar-refractivity contribution in [2.75, 3.05) is 12.4 Å². The average Bonchev–Trinajstić information content (AvgIpc) is 2.54. The van der Waals surface area contributed by atoms with E-state index in [0.717, 1.165) is 5.56 Å². The minimum atomic E-state index is -0.474. The first-order valence-corrected chi connectivity index (χ1v) is 6.66. The minimum Gasteiger partial charge on any atom is -0.465 e. The lowest BCUT2D eigenvalue weighted by Crippen LogP contribution is -2.20. The third-order valence-electron chi connectivity index (χ3n) is 3.28. The van der Waals surface area contributed by atoms with E-state index in [2.05, 4.69) is 5.32 Å². The maximum absolute atomic E-state index is 12.3. The predicted octanol–water partition coefficient (Wildman–Crippen LogP) is 3.22. The Balaban J connectivity index is 2.19. The Kier molecular flexibility index (Phi) is 4.72. The number of carbonyl (C=O) groups is 2. The number of benzene rings is 2. The van der Waals surface area contributed by atoms with E-state index in [9.17, 15) is 9.59 Å². The minimum absolute atomic E-state index is 0.169. The first-order chi connectivity index (χ1) is 10.1. The van der Waals surface area contributed by atoms with Gasteiger partial charge in [-0.15, -0.1) is 0 Å². The average molecular weight is 283 g/mol. The molecule has 0 spiro atoms. The molecule has 0 saturated carbocycles. The van der Waals surface area contributed by atoms with E-state index in [1.54, 1.807) is 24.3 Å². The normalized spacial score (nSPS) is 11.5. The highest BCUT2D eigenvalue weighted by molar-refractivity contribution is 6.02. The van der Waals surface area contributed by atoms with Gasteiger partial charge in [0.2, 0.25) is 5.91 Å². The third kappa shape index (κ3) is 3.48. The summed E-state index contributed by atoms with van der Waals surface area (Å²) in [5, 5.41) is 2.78. The quantitative estimate of drug-likeness (QED) is 0.877. The molecule has 4 nitrogen and oxygen atoms in total. The van der Waals surface area contributed by atoms with Gasteiger partial charge in [0.05, 0.1) is 24.3 Å². The van der Waals surface area contributed by atoms with E-state index >= 15 is 0 Å². The first-order valence-electron chi connectivity index (χ1n) is 6.66. The van der Waals surface area contributed by atoms with Crippen LogP contribution < -0.4 is 5.32 Å². The molecular weight excluding hydrogens is 266 g/mol. The summed E-state index contributed by atoms with van der Waals surface area (Å²) in [5.74, 6) is -0.951. The molecular formula is C17H17NO3. The summed E-state index contributed by atoms with van der Waals surface area (Å²) in [4.78, 5) is 24.0. The van der Waals surface area contributed by atoms with Gasteiger partial charge in [0.15, 0.2) is 0 Å². The molecule has 0 aliphatic rings. The molecule has 0 heterocycles. The number of ether oxygens (including phenoxy) is 1. The maximum atomic E-state index is 12.3. The highest BCUT2D eigenvalue weighted by atomic mass is 16.5. The number of nitrogens with one attached hydrogen (secondary N) is 1. The number of amides is 1. The molecule has 0 saturated heterocycles. The predicted molar refractivity (Wildman–Crippen MR) is 81.3 cm³/mol. The maximum Gasteiger partial charge on any atom is 0.339 e. The Labute approximate surface area is 123 Å². The number of para-hydroxylation sites is 1. The molecule has 2 aromatic rings. The fraction of sp³-hybridized carbons (Fsp3) is 0.176. The number of anilines is 1. The van der Waals surface area contributed by atoms with E-state index in [1.807, 2.05) is 37.3 Å². The molecule has 4 heteroatoms. The van der Waals surface area contributed by atoms with Gasteiger partial charge in [-0.1, -0.05) is 42.5 Å². The molecule has 1 N–H and O–H groups in total. The topological polar surface area (TPSA) is 55.4 Å². The van der Waals surface area contributed by atoms with E-state index < -0.39 is 5.97 Å². The van der Waals surface area contributed by atoms with Crippen molar-refractivity contribution in [1.29, 1.82) is 0 Å². The number of methoxy groups -OCH3 is 1. The summed E-state index contributed by atoms with van der Waals surface area (Å²) in [6.07, 6.45) is 0. The SMILES string of the molecule is COC(=O)c1ccccc1NC(=O)C(C)c1ccccc1. The van der Waals surface area contributed by atoms with Crippen LogP contribution in [0.25, 0.3) is 0 Å². The van der Waals surface area contributed by atoms with Crippen molar-refractivity contribution >= 4 is 17.6 Å². The molecule has 2 aromatic carbocycles. The van der Waals surface area contributed by atoms with Crippen molar-refractivity contribution in [2.45, 2.75) is 12.8 Å². The lowest BCUT2D eigenvalue weighted by molar-refractivity contribution is -0.117. The van der Waals surface area contributed by atoms with Crippen molar-refractivity contribution in [2.24, 2.45) is 0 Å². The van der Waals surface area contributed by atoms with Gasteiger partial charge in [0.1, 0.15) is 0 Å². The van der Waals surface area contributed by atoms with Gasteiger partial charge in [-0.2, -0.15) is 0 Å². The molecule has 0 radical (unpaired) electrons. The van der Waals surface area contributed by atoms with Gasteiger partial charge < -0.3 is 10.1 Å². The Morgan fingerprint density at radius 3 is 2.29 bits per heavy atom. The van der Waals surface area contributed by atoms with Gasteiger partial charge in [-0.25, -0.2) is 4.79 Å². The standard InChI is InChI=1S/C17H17NO3/c1-12(13-8-4-3-5-9-13)16(19)18-15-11-7-6-10-14(15)17(20)21-2/h3-12H,1-2H3,(H,18,19). The summed E-state index contributed by atoms with van der Waals surface area (Å²) in [7, 11) is 1.31. The lowest BCUT2D eigenvalue weighted by Gasteiger charge is -2.14. The van der Waals surface area contributed by atoms with Crippen LogP contribution >= 0.6 is 0 Å². The second-order valence-corrected chi connectivity index (χ2v) is 4.66. The van der Waals surface area contributed by atoms with Crippen molar-refractivity contribution in [3.05, 3.63) is 65.7 Å². The molecule has 21 heavy (non-hydrogen) atoms. The first kappa shape index (κ1) is 14.8. The lowest BCUT2D eigenvalue weighted by atomic mass is 10.0. The van der Waals surface area contributed by atoms with Crippen LogP contribution in [0.15, 0.2) is 54.6 Å². The van der Waals surface area contributed by atoms with Crippen LogP contribution in [0.5, 0.6) is 0 Å². The Hall–Kier alpha value is -2.62. The Morgan fingerprint density at radius 1 is 1.00 bits per heavy atom. The zero-order valence-corrected chi connectivity index (χ0v) is 12.0. The molecule has 108 valence electrons. The monoisotopic (exact) mass is 283 g/mol. The zero-order chi connectivity index (χ0) is 15.2. The summed E-state index contributed by atoms with van der Waals surface area (Å²) < 4.78 is 4.71. The molecule has 1 unspecified atom stereocenters. The third-order valence-corrected chi connectivity index (χ3v) is 3.28. The molecule has 1 atom stereocenters. The highest BCUT2D eigenvalue weighted by Gasteiger charge is 2.18. The number of esters is 1. The second-order valence-electron chi connectivity index (χ2n) is 4.66. The van der Waals surface area contributed by atoms with Crippen molar-refractivity contribution < 1.29 is 14.3 Å². The largest absolute Gasteiger partial charge is 0.465 e. The van der Waals surface area contributed by atoms with Crippen LogP contribution in [0.3, 0.4) is 0 Å². The molecule has 1 amide bonds. The fourth-order valence-corrected chi connectivity index (χ4v) is 2.01. The zero-order valence-electron chi connectivity index (χ0n) is 12.0. The molecule has 2 rings (SSSR count). The summed E-state index contributed by atoms with van der Waals surface area (Å²) >= 11 is 0. The molecule has 0 aliphatic heterocycles. The van der Waals surface area contributed by atoms with Gasteiger partial charge in [0, 0.05) is 0 Å². The molecule has 0 bridgehead atoms. The van der Waals surface area contributed by atoms with Crippen LogP contribution in [0.2, 0.25) is 0 Å². The fourth-order valence-electron chi connectivity index (χ4n) is 2.01. The molecule has 0 aliphatic carbocycles. The summed E-state index contributed by atoms with van der Waals surface area (Å²) in [6, 6.07) is 16.3. The number of rotatable bonds is 4. The van der Waals surface area contributed by atoms with Crippen LogP contribution in [0, 0.1) is 0 Å². The van der Waals surface area contributed by atoms with Crippen LogP contribution in [-0.2, 0) is 9.53 Å². The second kappa shape index (κ2) is 6.70. The smallest absolute Gasteiger partial charge is 0.339 e. The summed E-state index contributed by atoms with van der Waals surface area (Å²) in [5.41, 5.74) is 1.72. The van der Waals surface area contributed by atoms with E-state index in [0.29, 0.717) is 11.3 Å². The van der Waals surface area contributed by atoms with E-state index in [1.165, 1.54) is 7.11 Å². The van der Waals surface area contributed by atoms with Crippen LogP contribution in [0.4, 0.5) is 5.69 Å². The number of hydrogen-bond donors (Lipinski definition) is 1. The van der Waals surface area contributed by atoms with E-state index in [4.69, 9.17) is 4.74 Å². The molecule has 0 fully saturated rings. The van der Waals surface area contributed by atoms with Gasteiger partial charge in [0.25, 0.3) is 0 Å². The van der Waals surface area contributed by atoms with Gasteiger partial charge in [-0.3, -0.25) is 4.79 Å². The number of hydrogen-bond acceptors (Lipinski definition) is 3. The highest BCUT2D eigenvalue weighted by Crippen LogP contribution is 2.20. The van der Waals surface area contributed by atoms with Crippen LogP contribution in [0.1, 0.15) is 28.8 Å². The van der Waals surface area contributed by atoms with Crippen molar-refractivity contribution in [3.63, 3.8) is 0 Å². The van der Waals surface area contributed by atoms with Crippen molar-refractivity contribution in [1.82, 2.24) is 0 Å². The van der Waals surface area contributed by atoms with Crippen molar-refractivity contribution in [3.8, 4) is 0 Å². The summed E-state index contributed by atoms with van der Waals surface area (Å²) in [6.45, 7) is 1.82. The Morgan fingerprint density at radius 2 is 1.62 bits per heavy atom. The Bertz CT molecular complexity index is 637. The number of carbonyl (C=O) groups excluding carboxylic acids is 2.